The van der Waals surface area contributed by atoms with Crippen LogP contribution >= 0.6 is 0 Å². The Hall–Kier alpha value is -2.98. The third-order valence-electron chi connectivity index (χ3n) is 3.32. The summed E-state index contributed by atoms with van der Waals surface area (Å²) in [5.41, 5.74) is 1.17. The summed E-state index contributed by atoms with van der Waals surface area (Å²) < 4.78 is 42.4. The van der Waals surface area contributed by atoms with Crippen molar-refractivity contribution in [1.82, 2.24) is 29.7 Å². The molecule has 0 amide bonds. The minimum Gasteiger partial charge on any atom is -0.467 e. The van der Waals surface area contributed by atoms with Gasteiger partial charge >= 0.3 is 6.18 Å². The number of fused-ring (bicyclic) bond motifs is 1. The SMILES string of the molecule is CCn1nc(C)c2nc(-c3cnc(OCC(F)(F)F)cn3)[nH]c(=O)c21. The van der Waals surface area contributed by atoms with E-state index in [-0.39, 0.29) is 23.0 Å². The van der Waals surface area contributed by atoms with Gasteiger partial charge in [0.1, 0.15) is 11.2 Å². The van der Waals surface area contributed by atoms with Gasteiger partial charge in [-0.15, -0.1) is 0 Å². The predicted molar refractivity (Wildman–Crippen MR) is 81.1 cm³/mol. The van der Waals surface area contributed by atoms with Gasteiger partial charge in [-0.1, -0.05) is 0 Å². The number of nitrogens with one attached hydrogen (secondary N) is 1. The molecule has 0 saturated carbocycles. The van der Waals surface area contributed by atoms with E-state index in [9.17, 15) is 18.0 Å². The number of ether oxygens (including phenoxy) is 1. The van der Waals surface area contributed by atoms with Crippen molar-refractivity contribution in [2.45, 2.75) is 26.6 Å². The van der Waals surface area contributed by atoms with Crippen molar-refractivity contribution in [3.63, 3.8) is 0 Å². The maximum absolute atomic E-state index is 12.3. The minimum atomic E-state index is -4.46. The summed E-state index contributed by atoms with van der Waals surface area (Å²) >= 11 is 0. The van der Waals surface area contributed by atoms with Gasteiger partial charge in [0, 0.05) is 6.54 Å². The van der Waals surface area contributed by atoms with Crippen LogP contribution in [-0.2, 0) is 6.54 Å². The van der Waals surface area contributed by atoms with Crippen molar-refractivity contribution in [3.05, 3.63) is 28.4 Å². The van der Waals surface area contributed by atoms with Crippen LogP contribution in [0.5, 0.6) is 5.88 Å². The molecular weight excluding hydrogens is 341 g/mol. The number of hydrogen-bond donors (Lipinski definition) is 1. The zero-order chi connectivity index (χ0) is 18.2. The fourth-order valence-corrected chi connectivity index (χ4v) is 2.26. The highest BCUT2D eigenvalue weighted by molar-refractivity contribution is 5.78. The Bertz CT molecular complexity index is 962. The normalized spacial score (nSPS) is 11.9. The lowest BCUT2D eigenvalue weighted by atomic mass is 10.3. The highest BCUT2D eigenvalue weighted by Crippen LogP contribution is 2.19. The molecule has 25 heavy (non-hydrogen) atoms. The summed E-state index contributed by atoms with van der Waals surface area (Å²) in [6.45, 7) is 2.63. The number of aromatic nitrogens is 6. The summed E-state index contributed by atoms with van der Waals surface area (Å²) in [7, 11) is 0. The highest BCUT2D eigenvalue weighted by atomic mass is 19.4. The van der Waals surface area contributed by atoms with E-state index in [1.807, 2.05) is 6.92 Å². The van der Waals surface area contributed by atoms with Crippen molar-refractivity contribution < 1.29 is 17.9 Å². The first kappa shape index (κ1) is 16.9. The molecular formula is C14H13F3N6O2. The third-order valence-corrected chi connectivity index (χ3v) is 3.32. The highest BCUT2D eigenvalue weighted by Gasteiger charge is 2.28. The predicted octanol–water partition coefficient (Wildman–Crippen LogP) is 1.85. The Morgan fingerprint density at radius 2 is 2.04 bits per heavy atom. The molecule has 0 bridgehead atoms. The topological polar surface area (TPSA) is 98.6 Å². The van der Waals surface area contributed by atoms with Crippen LogP contribution in [-0.4, -0.2) is 42.5 Å². The van der Waals surface area contributed by atoms with Gasteiger partial charge in [-0.25, -0.2) is 15.0 Å². The number of rotatable bonds is 4. The summed E-state index contributed by atoms with van der Waals surface area (Å²) in [6.07, 6.45) is -2.25. The van der Waals surface area contributed by atoms with E-state index in [0.717, 1.165) is 6.20 Å². The summed E-state index contributed by atoms with van der Waals surface area (Å²) in [4.78, 5) is 26.9. The lowest BCUT2D eigenvalue weighted by Gasteiger charge is -2.08. The Kier molecular flexibility index (Phi) is 4.15. The molecule has 0 saturated heterocycles. The molecule has 3 heterocycles. The molecule has 132 valence electrons. The zero-order valence-electron chi connectivity index (χ0n) is 13.3. The molecule has 1 N–H and O–H groups in total. The maximum Gasteiger partial charge on any atom is 0.422 e. The van der Waals surface area contributed by atoms with Gasteiger partial charge < -0.3 is 9.72 Å². The molecule has 0 unspecified atom stereocenters. The number of alkyl halides is 3. The first-order valence-corrected chi connectivity index (χ1v) is 7.28. The van der Waals surface area contributed by atoms with Crippen LogP contribution in [0.4, 0.5) is 13.2 Å². The fraction of sp³-hybridized carbons (Fsp3) is 0.357. The van der Waals surface area contributed by atoms with Crippen molar-refractivity contribution in [2.24, 2.45) is 0 Å². The Morgan fingerprint density at radius 1 is 1.28 bits per heavy atom. The van der Waals surface area contributed by atoms with E-state index in [0.29, 0.717) is 23.3 Å². The molecule has 3 aromatic rings. The molecule has 0 radical (unpaired) electrons. The third kappa shape index (κ3) is 3.44. The minimum absolute atomic E-state index is 0.145. The van der Waals surface area contributed by atoms with Gasteiger partial charge in [0.15, 0.2) is 17.9 Å². The van der Waals surface area contributed by atoms with Crippen molar-refractivity contribution in [3.8, 4) is 17.4 Å². The Morgan fingerprint density at radius 3 is 2.64 bits per heavy atom. The van der Waals surface area contributed by atoms with Crippen molar-refractivity contribution in [1.29, 1.82) is 0 Å². The van der Waals surface area contributed by atoms with Crippen LogP contribution in [0.1, 0.15) is 12.6 Å². The number of aromatic amines is 1. The van der Waals surface area contributed by atoms with Gasteiger partial charge in [-0.3, -0.25) is 9.48 Å². The van der Waals surface area contributed by atoms with Crippen molar-refractivity contribution in [2.75, 3.05) is 6.61 Å². The van der Waals surface area contributed by atoms with Gasteiger partial charge in [-0.05, 0) is 13.8 Å². The number of hydrogen-bond acceptors (Lipinski definition) is 6. The van der Waals surface area contributed by atoms with Crippen LogP contribution in [0.2, 0.25) is 0 Å². The van der Waals surface area contributed by atoms with Crippen LogP contribution in [0.3, 0.4) is 0 Å². The van der Waals surface area contributed by atoms with Crippen LogP contribution in [0.15, 0.2) is 17.2 Å². The van der Waals surface area contributed by atoms with Crippen LogP contribution in [0.25, 0.3) is 22.6 Å². The Labute approximate surface area is 138 Å². The molecule has 0 aliphatic rings. The van der Waals surface area contributed by atoms with E-state index in [1.165, 1.54) is 6.20 Å². The standard InChI is InChI=1S/C14H13F3N6O2/c1-3-23-11-10(7(2)22-23)20-12(21-13(11)24)8-4-19-9(5-18-8)25-6-14(15,16)17/h4-5H,3,6H2,1-2H3,(H,20,21,24). The molecule has 0 fully saturated rings. The first-order valence-electron chi connectivity index (χ1n) is 7.28. The number of aryl methyl sites for hydroxylation is 2. The van der Waals surface area contributed by atoms with E-state index >= 15 is 0 Å². The van der Waals surface area contributed by atoms with Gasteiger partial charge in [0.25, 0.3) is 5.56 Å². The van der Waals surface area contributed by atoms with Gasteiger partial charge in [0.2, 0.25) is 5.88 Å². The van der Waals surface area contributed by atoms with E-state index in [2.05, 4.69) is 29.8 Å². The monoisotopic (exact) mass is 354 g/mol. The van der Waals surface area contributed by atoms with Crippen LogP contribution in [0, 0.1) is 6.92 Å². The van der Waals surface area contributed by atoms with E-state index in [4.69, 9.17) is 0 Å². The molecule has 3 aromatic heterocycles. The molecule has 0 aliphatic heterocycles. The average Bonchev–Trinajstić information content (AvgIpc) is 2.89. The molecule has 0 aromatic carbocycles. The second-order valence-electron chi connectivity index (χ2n) is 5.16. The largest absolute Gasteiger partial charge is 0.467 e. The van der Waals surface area contributed by atoms with E-state index in [1.54, 1.807) is 11.6 Å². The summed E-state index contributed by atoms with van der Waals surface area (Å²) in [5.74, 6) is -0.134. The maximum atomic E-state index is 12.3. The van der Waals surface area contributed by atoms with Crippen LogP contribution < -0.4 is 10.3 Å². The number of nitrogens with zero attached hydrogens (tertiary/aromatic N) is 5. The van der Waals surface area contributed by atoms with Gasteiger partial charge in [0.05, 0.1) is 18.1 Å². The van der Waals surface area contributed by atoms with Gasteiger partial charge in [-0.2, -0.15) is 18.3 Å². The Balaban J connectivity index is 1.94. The molecule has 11 heteroatoms. The second kappa shape index (κ2) is 6.15. The summed E-state index contributed by atoms with van der Waals surface area (Å²) in [5, 5.41) is 4.24. The molecule has 8 nitrogen and oxygen atoms in total. The smallest absolute Gasteiger partial charge is 0.422 e. The van der Waals surface area contributed by atoms with Crippen molar-refractivity contribution >= 4 is 11.0 Å². The lowest BCUT2D eigenvalue weighted by molar-refractivity contribution is -0.154. The van der Waals surface area contributed by atoms with E-state index < -0.39 is 12.8 Å². The zero-order valence-corrected chi connectivity index (χ0v) is 13.3. The molecule has 3 rings (SSSR count). The molecule has 0 spiro atoms. The molecule has 0 atom stereocenters. The lowest BCUT2D eigenvalue weighted by Crippen LogP contribution is -2.19. The summed E-state index contributed by atoms with van der Waals surface area (Å²) in [6, 6.07) is 0. The fourth-order valence-electron chi connectivity index (χ4n) is 2.26. The first-order chi connectivity index (χ1) is 11.8. The quantitative estimate of drug-likeness (QED) is 0.768. The second-order valence-corrected chi connectivity index (χ2v) is 5.16. The number of halogens is 3. The molecule has 0 aliphatic carbocycles. The number of H-pyrrole nitrogens is 1. The average molecular weight is 354 g/mol.